The summed E-state index contributed by atoms with van der Waals surface area (Å²) >= 11 is 5.96. The van der Waals surface area contributed by atoms with Gasteiger partial charge < -0.3 is 14.2 Å². The van der Waals surface area contributed by atoms with Gasteiger partial charge in [0.2, 0.25) is 0 Å². The monoisotopic (exact) mass is 621 g/mol. The number of rotatable bonds is 14. The van der Waals surface area contributed by atoms with Crippen LogP contribution in [0.4, 0.5) is 5.69 Å². The van der Waals surface area contributed by atoms with Crippen molar-refractivity contribution in [2.24, 2.45) is 5.10 Å². The highest BCUT2D eigenvalue weighted by Gasteiger charge is 2.27. The lowest BCUT2D eigenvalue weighted by Gasteiger charge is -2.24. The van der Waals surface area contributed by atoms with Crippen molar-refractivity contribution >= 4 is 39.4 Å². The van der Waals surface area contributed by atoms with Gasteiger partial charge >= 0.3 is 0 Å². The van der Waals surface area contributed by atoms with E-state index in [9.17, 15) is 13.2 Å². The standard InChI is InChI=1S/C32H32ClN3O6S/c1-3-40-28-15-13-27(14-16-28)36(43(38,39)29-17-11-26(33)12-18-29)22-32(37)35-34-21-25-10-19-30(31(20-25)41-4-2)42-23-24-8-6-5-7-9-24/h5-21H,3-4,22-23H2,1-2H3,(H,35,37)/b34-21-. The summed E-state index contributed by atoms with van der Waals surface area (Å²) in [6.45, 7) is 4.48. The Kier molecular flexibility index (Phi) is 11.0. The van der Waals surface area contributed by atoms with Crippen LogP contribution in [0.15, 0.2) is 107 Å². The number of carbonyl (C=O) groups excluding carboxylic acids is 1. The molecule has 0 radical (unpaired) electrons. The van der Waals surface area contributed by atoms with Crippen molar-refractivity contribution in [1.29, 1.82) is 0 Å². The Morgan fingerprint density at radius 3 is 2.23 bits per heavy atom. The fourth-order valence-corrected chi connectivity index (χ4v) is 5.54. The van der Waals surface area contributed by atoms with E-state index in [0.717, 1.165) is 9.87 Å². The van der Waals surface area contributed by atoms with Crippen LogP contribution in [-0.2, 0) is 21.4 Å². The van der Waals surface area contributed by atoms with Crippen LogP contribution in [0.25, 0.3) is 0 Å². The molecule has 1 N–H and O–H groups in total. The molecule has 0 aliphatic rings. The molecular formula is C32H32ClN3O6S. The first-order valence-corrected chi connectivity index (χ1v) is 15.4. The molecule has 11 heteroatoms. The largest absolute Gasteiger partial charge is 0.494 e. The Bertz CT molecular complexity index is 1630. The molecular weight excluding hydrogens is 590 g/mol. The highest BCUT2D eigenvalue weighted by atomic mass is 35.5. The first kappa shape index (κ1) is 31.4. The fourth-order valence-electron chi connectivity index (χ4n) is 4.00. The molecule has 0 bridgehead atoms. The van der Waals surface area contributed by atoms with E-state index in [-0.39, 0.29) is 10.6 Å². The van der Waals surface area contributed by atoms with Gasteiger partial charge in [0, 0.05) is 5.02 Å². The first-order chi connectivity index (χ1) is 20.8. The summed E-state index contributed by atoms with van der Waals surface area (Å²) in [7, 11) is -4.12. The van der Waals surface area contributed by atoms with Gasteiger partial charge in [-0.15, -0.1) is 0 Å². The number of ether oxygens (including phenoxy) is 3. The Labute approximate surface area is 256 Å². The van der Waals surface area contributed by atoms with Crippen LogP contribution in [0, 0.1) is 0 Å². The van der Waals surface area contributed by atoms with E-state index in [1.807, 2.05) is 44.2 Å². The first-order valence-electron chi connectivity index (χ1n) is 13.6. The molecule has 0 spiro atoms. The summed E-state index contributed by atoms with van der Waals surface area (Å²) in [5, 5.41) is 4.43. The molecule has 4 aromatic rings. The van der Waals surface area contributed by atoms with Crippen LogP contribution < -0.4 is 23.9 Å². The quantitative estimate of drug-likeness (QED) is 0.135. The van der Waals surface area contributed by atoms with Crippen molar-refractivity contribution in [1.82, 2.24) is 5.43 Å². The van der Waals surface area contributed by atoms with Crippen LogP contribution in [-0.4, -0.2) is 40.3 Å². The molecule has 4 aromatic carbocycles. The van der Waals surface area contributed by atoms with Crippen LogP contribution in [0.1, 0.15) is 25.0 Å². The third-order valence-electron chi connectivity index (χ3n) is 6.03. The van der Waals surface area contributed by atoms with Crippen LogP contribution in [0.3, 0.4) is 0 Å². The van der Waals surface area contributed by atoms with Gasteiger partial charge in [0.05, 0.1) is 30.0 Å². The SMILES string of the molecule is CCOc1ccc(N(CC(=O)N/N=C\c2ccc(OCc3ccccc3)c(OCC)c2)S(=O)(=O)c2ccc(Cl)cc2)cc1. The van der Waals surface area contributed by atoms with Gasteiger partial charge in [0.25, 0.3) is 15.9 Å². The van der Waals surface area contributed by atoms with Crippen LogP contribution >= 0.6 is 11.6 Å². The minimum atomic E-state index is -4.12. The zero-order chi connectivity index (χ0) is 30.7. The molecule has 0 aromatic heterocycles. The number of hydrazone groups is 1. The number of nitrogens with zero attached hydrogens (tertiary/aromatic N) is 2. The maximum atomic E-state index is 13.6. The zero-order valence-electron chi connectivity index (χ0n) is 23.8. The van der Waals surface area contributed by atoms with E-state index in [2.05, 4.69) is 10.5 Å². The zero-order valence-corrected chi connectivity index (χ0v) is 25.3. The number of sulfonamides is 1. The topological polar surface area (TPSA) is 107 Å². The molecule has 0 aliphatic heterocycles. The molecule has 0 saturated heterocycles. The van der Waals surface area contributed by atoms with Crippen molar-refractivity contribution < 1.29 is 27.4 Å². The number of halogens is 1. The van der Waals surface area contributed by atoms with Gasteiger partial charge in [-0.05, 0) is 91.7 Å². The number of nitrogens with one attached hydrogen (secondary N) is 1. The van der Waals surface area contributed by atoms with Crippen LogP contribution in [0.5, 0.6) is 17.2 Å². The Balaban J connectivity index is 1.48. The molecule has 0 saturated carbocycles. The van der Waals surface area contributed by atoms with E-state index in [1.54, 1.807) is 42.5 Å². The van der Waals surface area contributed by atoms with Gasteiger partial charge in [0.15, 0.2) is 11.5 Å². The summed E-state index contributed by atoms with van der Waals surface area (Å²) < 4.78 is 45.3. The Morgan fingerprint density at radius 1 is 0.860 bits per heavy atom. The van der Waals surface area contributed by atoms with E-state index in [4.69, 9.17) is 25.8 Å². The number of benzene rings is 4. The molecule has 224 valence electrons. The van der Waals surface area contributed by atoms with Crippen molar-refractivity contribution in [3.63, 3.8) is 0 Å². The van der Waals surface area contributed by atoms with Crippen LogP contribution in [0.2, 0.25) is 5.02 Å². The summed E-state index contributed by atoms with van der Waals surface area (Å²) in [4.78, 5) is 12.9. The molecule has 4 rings (SSSR count). The van der Waals surface area contributed by atoms with Crippen molar-refractivity contribution in [3.8, 4) is 17.2 Å². The van der Waals surface area contributed by atoms with Gasteiger partial charge in [-0.25, -0.2) is 13.8 Å². The summed E-state index contributed by atoms with van der Waals surface area (Å²) in [5.41, 5.74) is 4.37. The Hall–Kier alpha value is -4.54. The van der Waals surface area contributed by atoms with Gasteiger partial charge in [0.1, 0.15) is 18.9 Å². The van der Waals surface area contributed by atoms with E-state index >= 15 is 0 Å². The minimum absolute atomic E-state index is 0.0138. The second kappa shape index (κ2) is 15.1. The van der Waals surface area contributed by atoms with E-state index < -0.39 is 22.5 Å². The average Bonchev–Trinajstić information content (AvgIpc) is 3.01. The maximum Gasteiger partial charge on any atom is 0.264 e. The minimum Gasteiger partial charge on any atom is -0.494 e. The second-order valence-electron chi connectivity index (χ2n) is 9.10. The van der Waals surface area contributed by atoms with Crippen molar-refractivity contribution in [2.75, 3.05) is 24.1 Å². The molecule has 43 heavy (non-hydrogen) atoms. The number of hydrogen-bond donors (Lipinski definition) is 1. The summed E-state index contributed by atoms with van der Waals surface area (Å²) in [6, 6.07) is 27.2. The molecule has 0 unspecified atom stereocenters. The van der Waals surface area contributed by atoms with Gasteiger partial charge in [-0.2, -0.15) is 5.10 Å². The summed E-state index contributed by atoms with van der Waals surface area (Å²) in [6.07, 6.45) is 1.44. The number of hydrogen-bond acceptors (Lipinski definition) is 7. The smallest absolute Gasteiger partial charge is 0.264 e. The lowest BCUT2D eigenvalue weighted by Crippen LogP contribution is -2.39. The highest BCUT2D eigenvalue weighted by Crippen LogP contribution is 2.29. The normalized spacial score (nSPS) is 11.2. The molecule has 1 amide bonds. The van der Waals surface area contributed by atoms with Crippen molar-refractivity contribution in [3.05, 3.63) is 113 Å². The molecule has 0 heterocycles. The lowest BCUT2D eigenvalue weighted by molar-refractivity contribution is -0.119. The van der Waals surface area contributed by atoms with E-state index in [1.165, 1.54) is 30.5 Å². The molecule has 0 aliphatic carbocycles. The van der Waals surface area contributed by atoms with Gasteiger partial charge in [-0.1, -0.05) is 41.9 Å². The van der Waals surface area contributed by atoms with Crippen molar-refractivity contribution in [2.45, 2.75) is 25.3 Å². The molecule has 9 nitrogen and oxygen atoms in total. The lowest BCUT2D eigenvalue weighted by atomic mass is 10.2. The third-order valence-corrected chi connectivity index (χ3v) is 8.07. The predicted octanol–water partition coefficient (Wildman–Crippen LogP) is 6.06. The molecule has 0 atom stereocenters. The Morgan fingerprint density at radius 2 is 1.56 bits per heavy atom. The average molecular weight is 622 g/mol. The number of anilines is 1. The number of carbonyl (C=O) groups is 1. The van der Waals surface area contributed by atoms with E-state index in [0.29, 0.717) is 47.7 Å². The third kappa shape index (κ3) is 8.73. The molecule has 0 fully saturated rings. The van der Waals surface area contributed by atoms with Gasteiger partial charge in [-0.3, -0.25) is 9.10 Å². The predicted molar refractivity (Wildman–Crippen MR) is 168 cm³/mol. The number of amides is 1. The highest BCUT2D eigenvalue weighted by molar-refractivity contribution is 7.92. The summed E-state index contributed by atoms with van der Waals surface area (Å²) in [5.74, 6) is 1.04. The maximum absolute atomic E-state index is 13.6. The fraction of sp³-hybridized carbons (Fsp3) is 0.188. The second-order valence-corrected chi connectivity index (χ2v) is 11.4.